The molecule has 0 radical (unpaired) electrons. The quantitative estimate of drug-likeness (QED) is 0.859. The lowest BCUT2D eigenvalue weighted by Gasteiger charge is -2.37. The van der Waals surface area contributed by atoms with E-state index in [9.17, 15) is 4.79 Å². The second-order valence-corrected chi connectivity index (χ2v) is 6.56. The molecule has 0 aliphatic carbocycles. The van der Waals surface area contributed by atoms with E-state index in [0.717, 1.165) is 15.6 Å². The van der Waals surface area contributed by atoms with Gasteiger partial charge in [0, 0.05) is 19.6 Å². The third kappa shape index (κ3) is 4.00. The number of aliphatic hydroxyl groups is 1. The molecule has 0 spiro atoms. The van der Waals surface area contributed by atoms with E-state index < -0.39 is 0 Å². The van der Waals surface area contributed by atoms with Crippen LogP contribution in [0, 0.1) is 13.8 Å². The van der Waals surface area contributed by atoms with E-state index in [1.54, 1.807) is 0 Å². The highest BCUT2D eigenvalue weighted by molar-refractivity contribution is 7.13. The first-order valence-corrected chi connectivity index (χ1v) is 7.96. The fourth-order valence-electron chi connectivity index (χ4n) is 2.56. The lowest BCUT2D eigenvalue weighted by atomic mass is 10.2. The molecule has 1 amide bonds. The zero-order chi connectivity index (χ0) is 15.4. The van der Waals surface area contributed by atoms with Crippen molar-refractivity contribution < 1.29 is 14.6 Å². The molecule has 1 saturated heterocycles. The Morgan fingerprint density at radius 1 is 1.57 bits per heavy atom. The second-order valence-electron chi connectivity index (χ2n) is 5.36. The summed E-state index contributed by atoms with van der Waals surface area (Å²) in [5.74, 6) is 0.0452. The molecule has 1 N–H and O–H groups in total. The maximum absolute atomic E-state index is 12.8. The van der Waals surface area contributed by atoms with Crippen molar-refractivity contribution in [2.45, 2.75) is 19.9 Å². The van der Waals surface area contributed by atoms with Gasteiger partial charge in [-0.2, -0.15) is 0 Å². The molecule has 2 rings (SSSR count). The van der Waals surface area contributed by atoms with Gasteiger partial charge in [0.2, 0.25) is 0 Å². The number of carbonyl (C=O) groups is 1. The van der Waals surface area contributed by atoms with Crippen molar-refractivity contribution in [3.05, 3.63) is 15.6 Å². The second kappa shape index (κ2) is 7.31. The molecule has 0 unspecified atom stereocenters. The molecule has 1 aromatic rings. The van der Waals surface area contributed by atoms with Crippen LogP contribution in [0.15, 0.2) is 0 Å². The summed E-state index contributed by atoms with van der Waals surface area (Å²) in [4.78, 5) is 21.7. The molecule has 21 heavy (non-hydrogen) atoms. The first-order valence-electron chi connectivity index (χ1n) is 7.15. The van der Waals surface area contributed by atoms with Crippen LogP contribution in [0.3, 0.4) is 0 Å². The van der Waals surface area contributed by atoms with E-state index in [2.05, 4.69) is 4.98 Å². The highest BCUT2D eigenvalue weighted by atomic mass is 32.1. The molecule has 7 heteroatoms. The fourth-order valence-corrected chi connectivity index (χ4v) is 3.43. The summed E-state index contributed by atoms with van der Waals surface area (Å²) in [6.07, 6.45) is 0. The van der Waals surface area contributed by atoms with E-state index in [1.165, 1.54) is 11.3 Å². The number of hydrogen-bond donors (Lipinski definition) is 1. The molecule has 2 heterocycles. The Kier molecular flexibility index (Phi) is 5.69. The van der Waals surface area contributed by atoms with Crippen LogP contribution in [0.1, 0.15) is 20.4 Å². The Bertz CT molecular complexity index is 492. The summed E-state index contributed by atoms with van der Waals surface area (Å²) in [6, 6.07) is 0.0182. The van der Waals surface area contributed by atoms with Crippen LogP contribution < -0.4 is 0 Å². The van der Waals surface area contributed by atoms with Crippen LogP contribution >= 0.6 is 11.3 Å². The van der Waals surface area contributed by atoms with Gasteiger partial charge in [-0.15, -0.1) is 11.3 Å². The number of hydrogen-bond acceptors (Lipinski definition) is 6. The van der Waals surface area contributed by atoms with Crippen LogP contribution in [-0.4, -0.2) is 78.3 Å². The van der Waals surface area contributed by atoms with E-state index in [0.29, 0.717) is 32.8 Å². The van der Waals surface area contributed by atoms with Crippen molar-refractivity contribution in [3.8, 4) is 0 Å². The van der Waals surface area contributed by atoms with Crippen molar-refractivity contribution in [1.29, 1.82) is 0 Å². The van der Waals surface area contributed by atoms with E-state index in [-0.39, 0.29) is 18.6 Å². The van der Waals surface area contributed by atoms with Crippen LogP contribution in [0.4, 0.5) is 0 Å². The van der Waals surface area contributed by atoms with E-state index in [1.807, 2.05) is 30.7 Å². The first kappa shape index (κ1) is 16.4. The Morgan fingerprint density at radius 2 is 2.33 bits per heavy atom. The van der Waals surface area contributed by atoms with Crippen molar-refractivity contribution in [2.75, 3.05) is 46.5 Å². The van der Waals surface area contributed by atoms with E-state index in [4.69, 9.17) is 9.84 Å². The van der Waals surface area contributed by atoms with Crippen molar-refractivity contribution in [1.82, 2.24) is 14.8 Å². The van der Waals surface area contributed by atoms with Gasteiger partial charge in [0.25, 0.3) is 5.91 Å². The average Bonchev–Trinajstić information content (AvgIpc) is 2.78. The highest BCUT2D eigenvalue weighted by Crippen LogP contribution is 2.21. The molecular formula is C14H23N3O3S. The first-order chi connectivity index (χ1) is 10.0. The van der Waals surface area contributed by atoms with Gasteiger partial charge in [-0.25, -0.2) is 4.98 Å². The molecule has 1 aliphatic heterocycles. The third-order valence-corrected chi connectivity index (χ3v) is 4.65. The smallest absolute Gasteiger partial charge is 0.266 e. The molecular weight excluding hydrogens is 290 g/mol. The van der Waals surface area contributed by atoms with Crippen LogP contribution in [0.25, 0.3) is 0 Å². The van der Waals surface area contributed by atoms with E-state index >= 15 is 0 Å². The summed E-state index contributed by atoms with van der Waals surface area (Å²) in [6.45, 7) is 6.92. The lowest BCUT2D eigenvalue weighted by Crippen LogP contribution is -2.53. The van der Waals surface area contributed by atoms with Gasteiger partial charge >= 0.3 is 0 Å². The van der Waals surface area contributed by atoms with Crippen LogP contribution in [0.2, 0.25) is 0 Å². The number of aliphatic hydroxyl groups excluding tert-OH is 1. The molecule has 1 fully saturated rings. The molecule has 6 nitrogen and oxygen atoms in total. The number of morpholine rings is 1. The van der Waals surface area contributed by atoms with Crippen molar-refractivity contribution in [2.24, 2.45) is 0 Å². The predicted octanol–water partition coefficient (Wildman–Crippen LogP) is 0.525. The largest absolute Gasteiger partial charge is 0.395 e. The predicted molar refractivity (Wildman–Crippen MR) is 81.8 cm³/mol. The Hall–Kier alpha value is -1.02. The van der Waals surface area contributed by atoms with Crippen molar-refractivity contribution >= 4 is 17.2 Å². The lowest BCUT2D eigenvalue weighted by molar-refractivity contribution is -0.0107. The fraction of sp³-hybridized carbons (Fsp3) is 0.714. The number of aryl methyl sites for hydroxylation is 2. The molecule has 0 saturated carbocycles. The molecule has 1 aliphatic rings. The van der Waals surface area contributed by atoms with Gasteiger partial charge in [-0.05, 0) is 20.9 Å². The number of likely N-dealkylation sites (N-methyl/N-ethyl adjacent to an activating group) is 1. The highest BCUT2D eigenvalue weighted by Gasteiger charge is 2.30. The standard InChI is InChI=1S/C14H23N3O3S/c1-10-13(21-11(2)15-10)14(19)17-5-7-20-9-12(17)8-16(3)4-6-18/h12,18H,4-9H2,1-3H3/t12-/m1/s1. The number of ether oxygens (including phenoxy) is 1. The molecule has 1 atom stereocenters. The minimum atomic E-state index is 0.0182. The van der Waals surface area contributed by atoms with Crippen molar-refractivity contribution in [3.63, 3.8) is 0 Å². The summed E-state index contributed by atoms with van der Waals surface area (Å²) in [5.41, 5.74) is 0.802. The molecule has 118 valence electrons. The number of carbonyl (C=O) groups excluding carboxylic acids is 1. The maximum Gasteiger partial charge on any atom is 0.266 e. The van der Waals surface area contributed by atoms with Gasteiger partial charge in [0.05, 0.1) is 36.6 Å². The molecule has 0 aromatic carbocycles. The van der Waals surface area contributed by atoms with Gasteiger partial charge in [-0.3, -0.25) is 4.79 Å². The zero-order valence-corrected chi connectivity index (χ0v) is 13.7. The minimum absolute atomic E-state index is 0.0182. The molecule has 0 bridgehead atoms. The summed E-state index contributed by atoms with van der Waals surface area (Å²) in [7, 11) is 1.94. The van der Waals surface area contributed by atoms with Gasteiger partial charge in [0.1, 0.15) is 4.88 Å². The van der Waals surface area contributed by atoms with Gasteiger partial charge in [-0.1, -0.05) is 0 Å². The number of aromatic nitrogens is 1. The summed E-state index contributed by atoms with van der Waals surface area (Å²) < 4.78 is 5.52. The maximum atomic E-state index is 12.8. The van der Waals surface area contributed by atoms with Crippen LogP contribution in [-0.2, 0) is 4.74 Å². The number of nitrogens with zero attached hydrogens (tertiary/aromatic N) is 3. The molecule has 1 aromatic heterocycles. The third-order valence-electron chi connectivity index (χ3n) is 3.59. The number of rotatable bonds is 5. The monoisotopic (exact) mass is 313 g/mol. The Labute approximate surface area is 129 Å². The minimum Gasteiger partial charge on any atom is -0.395 e. The number of amides is 1. The normalized spacial score (nSPS) is 19.3. The SMILES string of the molecule is Cc1nc(C)c(C(=O)N2CCOC[C@H]2CN(C)CCO)s1. The van der Waals surface area contributed by atoms with Crippen LogP contribution in [0.5, 0.6) is 0 Å². The topological polar surface area (TPSA) is 65.9 Å². The number of thiazole rings is 1. The van der Waals surface area contributed by atoms with Gasteiger partial charge < -0.3 is 19.6 Å². The Balaban J connectivity index is 2.10. The summed E-state index contributed by atoms with van der Waals surface area (Å²) >= 11 is 1.45. The zero-order valence-electron chi connectivity index (χ0n) is 12.8. The summed E-state index contributed by atoms with van der Waals surface area (Å²) in [5, 5.41) is 9.91. The van der Waals surface area contributed by atoms with Gasteiger partial charge in [0.15, 0.2) is 0 Å². The Morgan fingerprint density at radius 3 is 2.95 bits per heavy atom. The average molecular weight is 313 g/mol.